The summed E-state index contributed by atoms with van der Waals surface area (Å²) < 4.78 is 16.0. The second-order valence-corrected chi connectivity index (χ2v) is 5.79. The van der Waals surface area contributed by atoms with E-state index in [0.29, 0.717) is 28.7 Å². The molecule has 0 radical (unpaired) electrons. The van der Waals surface area contributed by atoms with E-state index in [1.54, 1.807) is 39.3 Å². The molecule has 0 atom stereocenters. The lowest BCUT2D eigenvalue weighted by Gasteiger charge is -2.09. The molecule has 0 aliphatic heterocycles. The molecule has 0 saturated heterocycles. The zero-order chi connectivity index (χ0) is 19.4. The summed E-state index contributed by atoms with van der Waals surface area (Å²) in [7, 11) is 3.13. The van der Waals surface area contributed by atoms with Crippen LogP contribution in [0.2, 0.25) is 0 Å². The molecule has 0 aliphatic rings. The zero-order valence-electron chi connectivity index (χ0n) is 15.5. The van der Waals surface area contributed by atoms with E-state index in [0.717, 1.165) is 11.3 Å². The normalized spacial score (nSPS) is 11.3. The number of aromatic amines is 1. The highest BCUT2D eigenvalue weighted by Crippen LogP contribution is 2.27. The van der Waals surface area contributed by atoms with Crippen molar-refractivity contribution in [3.63, 3.8) is 0 Å². The quantitative estimate of drug-likeness (QED) is 0.514. The van der Waals surface area contributed by atoms with E-state index in [4.69, 9.17) is 13.9 Å². The molecule has 0 fully saturated rings. The van der Waals surface area contributed by atoms with Crippen LogP contribution in [0, 0.1) is 6.92 Å². The van der Waals surface area contributed by atoms with Gasteiger partial charge in [-0.05, 0) is 44.2 Å². The van der Waals surface area contributed by atoms with Crippen LogP contribution in [0.4, 0.5) is 0 Å². The van der Waals surface area contributed by atoms with E-state index < -0.39 is 5.91 Å². The fraction of sp³-hybridized carbons (Fsp3) is 0.211. The number of amides is 1. The van der Waals surface area contributed by atoms with Gasteiger partial charge in [-0.3, -0.25) is 9.89 Å². The standard InChI is InChI=1S/C19H20N4O4/c1-11-5-7-16(27-11)14-10-15(22-21-14)19(24)23-20-12(2)13-6-8-17(25-3)18(9-13)26-4/h5-10H,1-4H3,(H,21,22)(H,23,24)/b20-12+. The van der Waals surface area contributed by atoms with Crippen LogP contribution in [0.15, 0.2) is 45.9 Å². The van der Waals surface area contributed by atoms with Gasteiger partial charge in [0.15, 0.2) is 23.0 Å². The number of nitrogens with zero attached hydrogens (tertiary/aromatic N) is 2. The number of methoxy groups -OCH3 is 2. The minimum Gasteiger partial charge on any atom is -0.493 e. The Kier molecular flexibility index (Phi) is 5.25. The average Bonchev–Trinajstić information content (AvgIpc) is 3.34. The molecule has 2 N–H and O–H groups in total. The Labute approximate surface area is 156 Å². The van der Waals surface area contributed by atoms with Crippen LogP contribution >= 0.6 is 0 Å². The topological polar surface area (TPSA) is 102 Å². The molecule has 3 rings (SSSR count). The van der Waals surface area contributed by atoms with Gasteiger partial charge < -0.3 is 13.9 Å². The molecule has 2 aromatic heterocycles. The Morgan fingerprint density at radius 1 is 1.15 bits per heavy atom. The maximum Gasteiger partial charge on any atom is 0.291 e. The van der Waals surface area contributed by atoms with Crippen LogP contribution in [0.5, 0.6) is 11.5 Å². The molecule has 1 aromatic carbocycles. The molecule has 0 saturated carbocycles. The maximum absolute atomic E-state index is 12.3. The summed E-state index contributed by atoms with van der Waals surface area (Å²) in [5.41, 5.74) is 4.73. The van der Waals surface area contributed by atoms with Gasteiger partial charge in [0, 0.05) is 11.6 Å². The highest BCUT2D eigenvalue weighted by atomic mass is 16.5. The number of carbonyl (C=O) groups is 1. The molecule has 2 heterocycles. The highest BCUT2D eigenvalue weighted by molar-refractivity contribution is 6.01. The molecular formula is C19H20N4O4. The number of H-pyrrole nitrogens is 1. The third-order valence-corrected chi connectivity index (χ3v) is 3.94. The van der Waals surface area contributed by atoms with Gasteiger partial charge in [0.1, 0.15) is 11.5 Å². The van der Waals surface area contributed by atoms with E-state index in [1.807, 2.05) is 25.1 Å². The Bertz CT molecular complexity index is 987. The van der Waals surface area contributed by atoms with Crippen molar-refractivity contribution in [3.05, 3.63) is 53.4 Å². The van der Waals surface area contributed by atoms with Gasteiger partial charge in [-0.25, -0.2) is 5.43 Å². The van der Waals surface area contributed by atoms with Gasteiger partial charge in [-0.1, -0.05) is 0 Å². The minimum atomic E-state index is -0.430. The average molecular weight is 368 g/mol. The molecule has 8 nitrogen and oxygen atoms in total. The molecule has 0 aliphatic carbocycles. The van der Waals surface area contributed by atoms with Crippen LogP contribution in [0.3, 0.4) is 0 Å². The molecule has 0 unspecified atom stereocenters. The van der Waals surface area contributed by atoms with E-state index in [9.17, 15) is 4.79 Å². The Morgan fingerprint density at radius 3 is 2.59 bits per heavy atom. The van der Waals surface area contributed by atoms with Gasteiger partial charge in [0.2, 0.25) is 0 Å². The van der Waals surface area contributed by atoms with Crippen LogP contribution in [0.1, 0.15) is 28.7 Å². The number of hydrogen-bond donors (Lipinski definition) is 2. The van der Waals surface area contributed by atoms with E-state index >= 15 is 0 Å². The molecule has 0 bridgehead atoms. The predicted molar refractivity (Wildman–Crippen MR) is 100 cm³/mol. The lowest BCUT2D eigenvalue weighted by Crippen LogP contribution is -2.19. The van der Waals surface area contributed by atoms with Crippen molar-refractivity contribution in [1.29, 1.82) is 0 Å². The summed E-state index contributed by atoms with van der Waals surface area (Å²) in [5.74, 6) is 2.17. The maximum atomic E-state index is 12.3. The molecule has 8 heteroatoms. The summed E-state index contributed by atoms with van der Waals surface area (Å²) in [5, 5.41) is 10.9. The lowest BCUT2D eigenvalue weighted by atomic mass is 10.1. The van der Waals surface area contributed by atoms with Crippen LogP contribution < -0.4 is 14.9 Å². The first-order chi connectivity index (χ1) is 13.0. The molecule has 1 amide bonds. The number of rotatable bonds is 6. The number of aryl methyl sites for hydroxylation is 1. The van der Waals surface area contributed by atoms with Crippen LogP contribution in [-0.4, -0.2) is 36.0 Å². The number of hydrazone groups is 1. The number of benzene rings is 1. The SMILES string of the molecule is COc1ccc(/C(C)=N/NC(=O)c2cc(-c3ccc(C)o3)[nH]n2)cc1OC. The number of ether oxygens (including phenoxy) is 2. The number of furan rings is 1. The number of carbonyl (C=O) groups excluding carboxylic acids is 1. The monoisotopic (exact) mass is 368 g/mol. The summed E-state index contributed by atoms with van der Waals surface area (Å²) in [4.78, 5) is 12.3. The molecule has 140 valence electrons. The number of nitrogens with one attached hydrogen (secondary N) is 2. The number of aromatic nitrogens is 2. The smallest absolute Gasteiger partial charge is 0.291 e. The lowest BCUT2D eigenvalue weighted by molar-refractivity contribution is 0.0950. The first-order valence-corrected chi connectivity index (χ1v) is 8.21. The van der Waals surface area contributed by atoms with Crippen molar-refractivity contribution in [1.82, 2.24) is 15.6 Å². The summed E-state index contributed by atoms with van der Waals surface area (Å²) in [6, 6.07) is 10.7. The fourth-order valence-electron chi connectivity index (χ4n) is 2.46. The largest absolute Gasteiger partial charge is 0.493 e. The second kappa shape index (κ2) is 7.77. The third kappa shape index (κ3) is 4.00. The fourth-order valence-corrected chi connectivity index (χ4v) is 2.46. The van der Waals surface area contributed by atoms with Crippen molar-refractivity contribution < 1.29 is 18.7 Å². The van der Waals surface area contributed by atoms with Crippen molar-refractivity contribution in [2.24, 2.45) is 5.10 Å². The molecule has 27 heavy (non-hydrogen) atoms. The van der Waals surface area contributed by atoms with Gasteiger partial charge in [0.05, 0.1) is 19.9 Å². The first kappa shape index (κ1) is 18.2. The van der Waals surface area contributed by atoms with E-state index in [1.165, 1.54) is 0 Å². The zero-order valence-corrected chi connectivity index (χ0v) is 15.5. The summed E-state index contributed by atoms with van der Waals surface area (Å²) >= 11 is 0. The van der Waals surface area contributed by atoms with E-state index in [-0.39, 0.29) is 5.69 Å². The minimum absolute atomic E-state index is 0.211. The third-order valence-electron chi connectivity index (χ3n) is 3.94. The Balaban J connectivity index is 1.72. The first-order valence-electron chi connectivity index (χ1n) is 8.21. The summed E-state index contributed by atoms with van der Waals surface area (Å²) in [6.07, 6.45) is 0. The second-order valence-electron chi connectivity index (χ2n) is 5.79. The highest BCUT2D eigenvalue weighted by Gasteiger charge is 2.13. The predicted octanol–water partition coefficient (Wildman–Crippen LogP) is 3.15. The van der Waals surface area contributed by atoms with Gasteiger partial charge in [0.25, 0.3) is 5.91 Å². The number of hydrogen-bond acceptors (Lipinski definition) is 6. The molecular weight excluding hydrogens is 348 g/mol. The van der Waals surface area contributed by atoms with Crippen LogP contribution in [-0.2, 0) is 0 Å². The van der Waals surface area contributed by atoms with Crippen LogP contribution in [0.25, 0.3) is 11.5 Å². The summed E-state index contributed by atoms with van der Waals surface area (Å²) in [6.45, 7) is 3.63. The van der Waals surface area contributed by atoms with Gasteiger partial charge >= 0.3 is 0 Å². The van der Waals surface area contributed by atoms with Crippen molar-refractivity contribution in [2.75, 3.05) is 14.2 Å². The van der Waals surface area contributed by atoms with Crippen molar-refractivity contribution in [3.8, 4) is 23.0 Å². The molecule has 0 spiro atoms. The molecule has 3 aromatic rings. The van der Waals surface area contributed by atoms with E-state index in [2.05, 4.69) is 20.7 Å². The van der Waals surface area contributed by atoms with Gasteiger partial charge in [-0.15, -0.1) is 0 Å². The van der Waals surface area contributed by atoms with Gasteiger partial charge in [-0.2, -0.15) is 10.2 Å². The Morgan fingerprint density at radius 2 is 1.93 bits per heavy atom. The Hall–Kier alpha value is -3.55. The van der Waals surface area contributed by atoms with Crippen molar-refractivity contribution >= 4 is 11.6 Å². The van der Waals surface area contributed by atoms with Crippen molar-refractivity contribution in [2.45, 2.75) is 13.8 Å².